The highest BCUT2D eigenvalue weighted by Crippen LogP contribution is 2.25. The minimum Gasteiger partial charge on any atom is -0.297 e. The van der Waals surface area contributed by atoms with Gasteiger partial charge < -0.3 is 0 Å². The topological polar surface area (TPSA) is 54.9 Å². The van der Waals surface area contributed by atoms with Crippen LogP contribution in [0, 0.1) is 0 Å². The van der Waals surface area contributed by atoms with Crippen molar-refractivity contribution in [2.75, 3.05) is 5.32 Å². The minimum atomic E-state index is 0.0943. The molecule has 1 aromatic heterocycles. The first kappa shape index (κ1) is 12.8. The monoisotopic (exact) mass is 281 g/mol. The van der Waals surface area contributed by atoms with E-state index in [0.717, 1.165) is 5.56 Å². The van der Waals surface area contributed by atoms with Crippen molar-refractivity contribution < 1.29 is 4.79 Å². The molecule has 2 aromatic rings. The molecule has 4 nitrogen and oxygen atoms in total. The SMILES string of the molecule is O=CNc1nc(Cl)c(Cc2ccccc2)c(Cl)n1. The molecular formula is C12H9Cl2N3O. The van der Waals surface area contributed by atoms with Crippen LogP contribution in [0.25, 0.3) is 0 Å². The largest absolute Gasteiger partial charge is 0.297 e. The van der Waals surface area contributed by atoms with Crippen LogP contribution < -0.4 is 5.32 Å². The number of amides is 1. The Bertz CT molecular complexity index is 537. The van der Waals surface area contributed by atoms with Gasteiger partial charge in [-0.25, -0.2) is 9.97 Å². The van der Waals surface area contributed by atoms with Gasteiger partial charge in [0.05, 0.1) is 0 Å². The lowest BCUT2D eigenvalue weighted by Gasteiger charge is -2.07. The van der Waals surface area contributed by atoms with Crippen LogP contribution in [-0.4, -0.2) is 16.4 Å². The highest BCUT2D eigenvalue weighted by molar-refractivity contribution is 6.34. The lowest BCUT2D eigenvalue weighted by Crippen LogP contribution is -2.03. The maximum atomic E-state index is 10.3. The van der Waals surface area contributed by atoms with E-state index in [4.69, 9.17) is 23.2 Å². The van der Waals surface area contributed by atoms with Gasteiger partial charge in [-0.1, -0.05) is 53.5 Å². The third kappa shape index (κ3) is 2.97. The van der Waals surface area contributed by atoms with Crippen molar-refractivity contribution in [3.63, 3.8) is 0 Å². The fourth-order valence-electron chi connectivity index (χ4n) is 1.49. The molecule has 0 bridgehead atoms. The first-order chi connectivity index (χ1) is 8.70. The van der Waals surface area contributed by atoms with E-state index in [1.807, 2.05) is 30.3 Å². The number of hydrogen-bond acceptors (Lipinski definition) is 3. The van der Waals surface area contributed by atoms with E-state index < -0.39 is 0 Å². The molecule has 0 aliphatic heterocycles. The Hall–Kier alpha value is -1.65. The Kier molecular flexibility index (Phi) is 4.12. The second kappa shape index (κ2) is 5.80. The van der Waals surface area contributed by atoms with Crippen LogP contribution in [0.15, 0.2) is 30.3 Å². The van der Waals surface area contributed by atoms with E-state index in [2.05, 4.69) is 15.3 Å². The van der Waals surface area contributed by atoms with Gasteiger partial charge in [-0.15, -0.1) is 0 Å². The van der Waals surface area contributed by atoms with Crippen LogP contribution in [0.1, 0.15) is 11.1 Å². The van der Waals surface area contributed by atoms with Gasteiger partial charge in [-0.3, -0.25) is 10.1 Å². The van der Waals surface area contributed by atoms with Gasteiger partial charge >= 0.3 is 0 Å². The first-order valence-corrected chi connectivity index (χ1v) is 5.92. The molecule has 0 saturated heterocycles. The van der Waals surface area contributed by atoms with Crippen molar-refractivity contribution in [2.45, 2.75) is 6.42 Å². The number of benzene rings is 1. The van der Waals surface area contributed by atoms with E-state index in [0.29, 0.717) is 18.4 Å². The number of anilines is 1. The zero-order valence-electron chi connectivity index (χ0n) is 9.23. The number of rotatable bonds is 4. The third-order valence-electron chi connectivity index (χ3n) is 2.32. The molecule has 0 radical (unpaired) electrons. The Balaban J connectivity index is 2.31. The van der Waals surface area contributed by atoms with Gasteiger partial charge in [0.1, 0.15) is 10.3 Å². The predicted molar refractivity (Wildman–Crippen MR) is 71.0 cm³/mol. The summed E-state index contributed by atoms with van der Waals surface area (Å²) in [6.45, 7) is 0. The number of hydrogen-bond donors (Lipinski definition) is 1. The zero-order chi connectivity index (χ0) is 13.0. The molecule has 18 heavy (non-hydrogen) atoms. The van der Waals surface area contributed by atoms with Gasteiger partial charge in [0.25, 0.3) is 0 Å². The summed E-state index contributed by atoms with van der Waals surface area (Å²) < 4.78 is 0. The first-order valence-electron chi connectivity index (χ1n) is 5.16. The van der Waals surface area contributed by atoms with Gasteiger partial charge in [-0.2, -0.15) is 0 Å². The summed E-state index contributed by atoms with van der Waals surface area (Å²) in [5, 5.41) is 2.79. The number of halogens is 2. The summed E-state index contributed by atoms with van der Waals surface area (Å²) in [5.41, 5.74) is 1.70. The number of nitrogens with one attached hydrogen (secondary N) is 1. The molecule has 0 unspecified atom stereocenters. The summed E-state index contributed by atoms with van der Waals surface area (Å²) in [5.74, 6) is 0.0943. The predicted octanol–water partition coefficient (Wildman–Crippen LogP) is 2.94. The quantitative estimate of drug-likeness (QED) is 0.693. The van der Waals surface area contributed by atoms with Gasteiger partial charge in [0.15, 0.2) is 0 Å². The molecule has 1 amide bonds. The number of carbonyl (C=O) groups excluding carboxylic acids is 1. The average molecular weight is 282 g/mol. The standard InChI is InChI=1S/C12H9Cl2N3O/c13-10-9(6-8-4-2-1-3-5-8)11(14)17-12(16-10)15-7-18/h1-5,7H,6H2,(H,15,16,17,18). The molecule has 1 N–H and O–H groups in total. The van der Waals surface area contributed by atoms with Crippen LogP contribution in [-0.2, 0) is 11.2 Å². The Labute approximate surface area is 114 Å². The van der Waals surface area contributed by atoms with Gasteiger partial charge in [0.2, 0.25) is 12.4 Å². The molecule has 0 aliphatic carbocycles. The lowest BCUT2D eigenvalue weighted by atomic mass is 10.1. The van der Waals surface area contributed by atoms with Gasteiger partial charge in [0, 0.05) is 12.0 Å². The number of aromatic nitrogens is 2. The van der Waals surface area contributed by atoms with Crippen LogP contribution in [0.3, 0.4) is 0 Å². The van der Waals surface area contributed by atoms with E-state index in [9.17, 15) is 4.79 Å². The van der Waals surface area contributed by atoms with Crippen molar-refractivity contribution in [1.82, 2.24) is 9.97 Å². The highest BCUT2D eigenvalue weighted by Gasteiger charge is 2.11. The van der Waals surface area contributed by atoms with Crippen molar-refractivity contribution in [2.24, 2.45) is 0 Å². The highest BCUT2D eigenvalue weighted by atomic mass is 35.5. The number of carbonyl (C=O) groups is 1. The second-order valence-electron chi connectivity index (χ2n) is 3.53. The van der Waals surface area contributed by atoms with E-state index in [-0.39, 0.29) is 16.3 Å². The maximum Gasteiger partial charge on any atom is 0.232 e. The molecule has 0 spiro atoms. The Morgan fingerprint density at radius 1 is 1.11 bits per heavy atom. The van der Waals surface area contributed by atoms with Crippen LogP contribution in [0.4, 0.5) is 5.95 Å². The Morgan fingerprint density at radius 2 is 1.72 bits per heavy atom. The van der Waals surface area contributed by atoms with Crippen molar-refractivity contribution in [3.05, 3.63) is 51.8 Å². The summed E-state index contributed by atoms with van der Waals surface area (Å²) in [7, 11) is 0. The van der Waals surface area contributed by atoms with Crippen LogP contribution >= 0.6 is 23.2 Å². The third-order valence-corrected chi connectivity index (χ3v) is 2.94. The smallest absolute Gasteiger partial charge is 0.232 e. The molecule has 92 valence electrons. The number of nitrogens with zero attached hydrogens (tertiary/aromatic N) is 2. The van der Waals surface area contributed by atoms with Crippen molar-refractivity contribution in [3.8, 4) is 0 Å². The average Bonchev–Trinajstić information content (AvgIpc) is 2.36. The molecule has 0 atom stereocenters. The molecular weight excluding hydrogens is 273 g/mol. The van der Waals surface area contributed by atoms with E-state index in [1.165, 1.54) is 0 Å². The van der Waals surface area contributed by atoms with Crippen LogP contribution in [0.2, 0.25) is 10.3 Å². The summed E-state index contributed by atoms with van der Waals surface area (Å²) >= 11 is 12.1. The fourth-order valence-corrected chi connectivity index (χ4v) is 2.02. The normalized spacial score (nSPS) is 10.1. The maximum absolute atomic E-state index is 10.3. The van der Waals surface area contributed by atoms with Gasteiger partial charge in [-0.05, 0) is 5.56 Å². The zero-order valence-corrected chi connectivity index (χ0v) is 10.7. The molecule has 1 aromatic carbocycles. The fraction of sp³-hybridized carbons (Fsp3) is 0.0833. The van der Waals surface area contributed by atoms with E-state index >= 15 is 0 Å². The molecule has 6 heteroatoms. The van der Waals surface area contributed by atoms with Crippen molar-refractivity contribution >= 4 is 35.6 Å². The molecule has 1 heterocycles. The molecule has 0 saturated carbocycles. The summed E-state index contributed by atoms with van der Waals surface area (Å²) in [6, 6.07) is 9.72. The summed E-state index contributed by atoms with van der Waals surface area (Å²) in [6.07, 6.45) is 1.01. The molecule has 2 rings (SSSR count). The summed E-state index contributed by atoms with van der Waals surface area (Å²) in [4.78, 5) is 18.2. The van der Waals surface area contributed by atoms with E-state index in [1.54, 1.807) is 0 Å². The second-order valence-corrected chi connectivity index (χ2v) is 4.25. The molecule has 0 aliphatic rings. The molecule has 0 fully saturated rings. The van der Waals surface area contributed by atoms with Crippen LogP contribution in [0.5, 0.6) is 0 Å². The Morgan fingerprint density at radius 3 is 2.28 bits per heavy atom. The lowest BCUT2D eigenvalue weighted by molar-refractivity contribution is -0.105. The minimum absolute atomic E-state index is 0.0943. The van der Waals surface area contributed by atoms with Crippen molar-refractivity contribution in [1.29, 1.82) is 0 Å².